The lowest BCUT2D eigenvalue weighted by Gasteiger charge is -2.32. The molecule has 2 rings (SSSR count). The lowest BCUT2D eigenvalue weighted by molar-refractivity contribution is -0.134. The van der Waals surface area contributed by atoms with Crippen LogP contribution in [0.1, 0.15) is 19.4 Å². The largest absolute Gasteiger partial charge is 0.335 e. The molecule has 1 aromatic rings. The van der Waals surface area contributed by atoms with Gasteiger partial charge in [0.25, 0.3) is 0 Å². The SMILES string of the molecule is CC(C)N(Cc1ccccc1)C(=O)CN1CCNCC1. The number of piperazine rings is 1. The second kappa shape index (κ2) is 7.41. The van der Waals surface area contributed by atoms with Crippen molar-refractivity contribution >= 4 is 5.91 Å². The predicted molar refractivity (Wildman–Crippen MR) is 81.4 cm³/mol. The lowest BCUT2D eigenvalue weighted by atomic mass is 10.2. The Hall–Kier alpha value is -1.39. The maximum absolute atomic E-state index is 12.5. The highest BCUT2D eigenvalue weighted by atomic mass is 16.2. The van der Waals surface area contributed by atoms with E-state index in [1.165, 1.54) is 5.56 Å². The van der Waals surface area contributed by atoms with Crippen molar-refractivity contribution in [1.29, 1.82) is 0 Å². The average Bonchev–Trinajstić information content (AvgIpc) is 2.46. The fourth-order valence-corrected chi connectivity index (χ4v) is 2.49. The number of carbonyl (C=O) groups excluding carboxylic acids is 1. The number of hydrogen-bond donors (Lipinski definition) is 1. The Balaban J connectivity index is 1.95. The standard InChI is InChI=1S/C16H25N3O/c1-14(2)19(12-15-6-4-3-5-7-15)16(20)13-18-10-8-17-9-11-18/h3-7,14,17H,8-13H2,1-2H3. The topological polar surface area (TPSA) is 35.6 Å². The molecule has 0 aromatic heterocycles. The van der Waals surface area contributed by atoms with Crippen molar-refractivity contribution in [3.05, 3.63) is 35.9 Å². The van der Waals surface area contributed by atoms with E-state index in [4.69, 9.17) is 0 Å². The molecule has 1 aliphatic heterocycles. The molecule has 0 bridgehead atoms. The monoisotopic (exact) mass is 275 g/mol. The Morgan fingerprint density at radius 3 is 2.50 bits per heavy atom. The Labute approximate surface area is 121 Å². The Kier molecular flexibility index (Phi) is 5.56. The van der Waals surface area contributed by atoms with Gasteiger partial charge in [0.1, 0.15) is 0 Å². The zero-order valence-electron chi connectivity index (χ0n) is 12.5. The van der Waals surface area contributed by atoms with Gasteiger partial charge < -0.3 is 10.2 Å². The van der Waals surface area contributed by atoms with Crippen molar-refractivity contribution < 1.29 is 4.79 Å². The summed E-state index contributed by atoms with van der Waals surface area (Å²) in [5.74, 6) is 0.228. The molecule has 0 spiro atoms. The first kappa shape index (κ1) is 15.0. The molecular weight excluding hydrogens is 250 g/mol. The summed E-state index contributed by atoms with van der Waals surface area (Å²) in [4.78, 5) is 16.7. The van der Waals surface area contributed by atoms with Crippen molar-refractivity contribution in [2.24, 2.45) is 0 Å². The highest BCUT2D eigenvalue weighted by molar-refractivity contribution is 5.78. The summed E-state index contributed by atoms with van der Waals surface area (Å²) in [5.41, 5.74) is 1.19. The highest BCUT2D eigenvalue weighted by Crippen LogP contribution is 2.09. The molecule has 0 atom stereocenters. The van der Waals surface area contributed by atoms with Crippen LogP contribution in [0.2, 0.25) is 0 Å². The first-order valence-corrected chi connectivity index (χ1v) is 7.43. The number of amides is 1. The lowest BCUT2D eigenvalue weighted by Crippen LogP contribution is -2.49. The molecule has 1 amide bonds. The molecule has 0 aliphatic carbocycles. The number of hydrogen-bond acceptors (Lipinski definition) is 3. The summed E-state index contributed by atoms with van der Waals surface area (Å²) >= 11 is 0. The summed E-state index contributed by atoms with van der Waals surface area (Å²) in [6, 6.07) is 10.4. The first-order valence-electron chi connectivity index (χ1n) is 7.43. The van der Waals surface area contributed by atoms with E-state index < -0.39 is 0 Å². The van der Waals surface area contributed by atoms with Crippen LogP contribution in [0.25, 0.3) is 0 Å². The van der Waals surface area contributed by atoms with Gasteiger partial charge in [0.15, 0.2) is 0 Å². The minimum absolute atomic E-state index is 0.227. The van der Waals surface area contributed by atoms with Crippen LogP contribution in [-0.2, 0) is 11.3 Å². The van der Waals surface area contributed by atoms with Gasteiger partial charge >= 0.3 is 0 Å². The second-order valence-corrected chi connectivity index (χ2v) is 5.63. The van der Waals surface area contributed by atoms with Gasteiger partial charge in [-0.1, -0.05) is 30.3 Å². The molecule has 1 aliphatic rings. The quantitative estimate of drug-likeness (QED) is 0.880. The highest BCUT2D eigenvalue weighted by Gasteiger charge is 2.21. The van der Waals surface area contributed by atoms with Gasteiger partial charge in [0.05, 0.1) is 6.54 Å². The molecule has 1 fully saturated rings. The number of nitrogens with one attached hydrogen (secondary N) is 1. The van der Waals surface area contributed by atoms with Gasteiger partial charge in [-0.15, -0.1) is 0 Å². The Bertz CT molecular complexity index is 413. The second-order valence-electron chi connectivity index (χ2n) is 5.63. The molecule has 1 aromatic carbocycles. The maximum atomic E-state index is 12.5. The van der Waals surface area contributed by atoms with Crippen LogP contribution >= 0.6 is 0 Å². The van der Waals surface area contributed by atoms with Crippen LogP contribution in [0.4, 0.5) is 0 Å². The molecule has 4 nitrogen and oxygen atoms in total. The normalized spacial score (nSPS) is 16.4. The zero-order chi connectivity index (χ0) is 14.4. The minimum atomic E-state index is 0.227. The van der Waals surface area contributed by atoms with Crippen molar-refractivity contribution in [3.63, 3.8) is 0 Å². The van der Waals surface area contributed by atoms with Crippen LogP contribution in [0.15, 0.2) is 30.3 Å². The van der Waals surface area contributed by atoms with Gasteiger partial charge in [-0.2, -0.15) is 0 Å². The molecule has 0 saturated carbocycles. The van der Waals surface area contributed by atoms with E-state index in [1.54, 1.807) is 0 Å². The Morgan fingerprint density at radius 1 is 1.25 bits per heavy atom. The van der Waals surface area contributed by atoms with Gasteiger partial charge in [0, 0.05) is 38.8 Å². The molecule has 0 unspecified atom stereocenters. The Morgan fingerprint density at radius 2 is 1.90 bits per heavy atom. The summed E-state index contributed by atoms with van der Waals surface area (Å²) < 4.78 is 0. The van der Waals surface area contributed by atoms with E-state index in [0.717, 1.165) is 26.2 Å². The van der Waals surface area contributed by atoms with Crippen LogP contribution in [0.3, 0.4) is 0 Å². The molecule has 110 valence electrons. The third-order valence-corrected chi connectivity index (χ3v) is 3.71. The van der Waals surface area contributed by atoms with Gasteiger partial charge in [-0.3, -0.25) is 9.69 Å². The summed E-state index contributed by atoms with van der Waals surface area (Å²) in [7, 11) is 0. The zero-order valence-corrected chi connectivity index (χ0v) is 12.5. The van der Waals surface area contributed by atoms with Crippen molar-refractivity contribution in [2.75, 3.05) is 32.7 Å². The fraction of sp³-hybridized carbons (Fsp3) is 0.562. The van der Waals surface area contributed by atoms with Gasteiger partial charge in [-0.25, -0.2) is 0 Å². The van der Waals surface area contributed by atoms with E-state index in [0.29, 0.717) is 13.1 Å². The number of benzene rings is 1. The van der Waals surface area contributed by atoms with Crippen LogP contribution in [-0.4, -0.2) is 54.5 Å². The predicted octanol–water partition coefficient (Wildman–Crippen LogP) is 1.33. The molecule has 1 saturated heterocycles. The molecule has 4 heteroatoms. The van der Waals surface area contributed by atoms with Crippen molar-refractivity contribution in [1.82, 2.24) is 15.1 Å². The molecule has 1 N–H and O–H groups in total. The third kappa shape index (κ3) is 4.32. The smallest absolute Gasteiger partial charge is 0.237 e. The van der Waals surface area contributed by atoms with E-state index in [-0.39, 0.29) is 11.9 Å². The van der Waals surface area contributed by atoms with Gasteiger partial charge in [0.2, 0.25) is 5.91 Å². The maximum Gasteiger partial charge on any atom is 0.237 e. The van der Waals surface area contributed by atoms with Crippen LogP contribution < -0.4 is 5.32 Å². The molecule has 1 heterocycles. The minimum Gasteiger partial charge on any atom is -0.335 e. The molecule has 20 heavy (non-hydrogen) atoms. The van der Waals surface area contributed by atoms with Crippen molar-refractivity contribution in [2.45, 2.75) is 26.4 Å². The van der Waals surface area contributed by atoms with Crippen molar-refractivity contribution in [3.8, 4) is 0 Å². The number of nitrogens with zero attached hydrogens (tertiary/aromatic N) is 2. The summed E-state index contributed by atoms with van der Waals surface area (Å²) in [5, 5.41) is 3.31. The van der Waals surface area contributed by atoms with E-state index >= 15 is 0 Å². The first-order chi connectivity index (χ1) is 9.66. The number of carbonyl (C=O) groups is 1. The fourth-order valence-electron chi connectivity index (χ4n) is 2.49. The number of rotatable bonds is 5. The molecular formula is C16H25N3O. The summed E-state index contributed by atoms with van der Waals surface area (Å²) in [6.45, 7) is 9.28. The van der Waals surface area contributed by atoms with E-state index in [9.17, 15) is 4.79 Å². The summed E-state index contributed by atoms with van der Waals surface area (Å²) in [6.07, 6.45) is 0. The molecule has 0 radical (unpaired) electrons. The average molecular weight is 275 g/mol. The van der Waals surface area contributed by atoms with Crippen LogP contribution in [0, 0.1) is 0 Å². The third-order valence-electron chi connectivity index (χ3n) is 3.71. The van der Waals surface area contributed by atoms with Crippen LogP contribution in [0.5, 0.6) is 0 Å². The van der Waals surface area contributed by atoms with Gasteiger partial charge in [-0.05, 0) is 19.4 Å². The van der Waals surface area contributed by atoms with E-state index in [2.05, 4.69) is 36.2 Å². The van der Waals surface area contributed by atoms with E-state index in [1.807, 2.05) is 23.1 Å².